The van der Waals surface area contributed by atoms with E-state index in [4.69, 9.17) is 9.47 Å². The van der Waals surface area contributed by atoms with Gasteiger partial charge >= 0.3 is 0 Å². The molecule has 1 fully saturated rings. The minimum absolute atomic E-state index is 0.213. The van der Waals surface area contributed by atoms with Crippen LogP contribution in [0.5, 0.6) is 11.5 Å². The zero-order chi connectivity index (χ0) is 14.5. The molecule has 1 aliphatic heterocycles. The minimum atomic E-state index is 0.213. The predicted octanol–water partition coefficient (Wildman–Crippen LogP) is 2.28. The molecule has 0 amide bonds. The van der Waals surface area contributed by atoms with Gasteiger partial charge in [0.25, 0.3) is 0 Å². The van der Waals surface area contributed by atoms with Gasteiger partial charge in [0.15, 0.2) is 11.6 Å². The summed E-state index contributed by atoms with van der Waals surface area (Å²) in [6.45, 7) is 1.96. The number of hydrogen-bond acceptors (Lipinski definition) is 5. The van der Waals surface area contributed by atoms with Crippen LogP contribution in [0.25, 0.3) is 11.4 Å². The number of rotatable bonds is 4. The van der Waals surface area contributed by atoms with Crippen molar-refractivity contribution in [1.82, 2.24) is 15.3 Å². The summed E-state index contributed by atoms with van der Waals surface area (Å²) < 4.78 is 11.1. The van der Waals surface area contributed by atoms with Crippen molar-refractivity contribution in [3.8, 4) is 22.9 Å². The van der Waals surface area contributed by atoms with Gasteiger partial charge in [-0.2, -0.15) is 0 Å². The van der Waals surface area contributed by atoms with E-state index in [0.717, 1.165) is 43.0 Å². The third-order valence-electron chi connectivity index (χ3n) is 3.51. The first-order chi connectivity index (χ1) is 10.3. The Kier molecular flexibility index (Phi) is 4.31. The zero-order valence-corrected chi connectivity index (χ0v) is 12.1. The summed E-state index contributed by atoms with van der Waals surface area (Å²) in [7, 11) is 1.65. The number of aromatic nitrogens is 2. The first kappa shape index (κ1) is 13.8. The highest BCUT2D eigenvalue weighted by molar-refractivity contribution is 5.57. The molecule has 110 valence electrons. The number of ether oxygens (including phenoxy) is 2. The Hall–Kier alpha value is -2.14. The first-order valence-corrected chi connectivity index (χ1v) is 7.19. The quantitative estimate of drug-likeness (QED) is 0.934. The fraction of sp³-hybridized carbons (Fsp3) is 0.375. The molecular weight excluding hydrogens is 266 g/mol. The molecule has 0 bridgehead atoms. The lowest BCUT2D eigenvalue weighted by Crippen LogP contribution is -2.37. The number of nitrogens with one attached hydrogen (secondary N) is 1. The molecular formula is C16H19N3O2. The van der Waals surface area contributed by atoms with Crippen LogP contribution in [0, 0.1) is 0 Å². The van der Waals surface area contributed by atoms with Crippen molar-refractivity contribution in [2.75, 3.05) is 20.2 Å². The lowest BCUT2D eigenvalue weighted by molar-refractivity contribution is 0.166. The third-order valence-corrected chi connectivity index (χ3v) is 3.51. The minimum Gasteiger partial charge on any atom is -0.497 e. The smallest absolute Gasteiger partial charge is 0.159 e. The number of methoxy groups -OCH3 is 1. The number of hydrogen-bond donors (Lipinski definition) is 1. The van der Waals surface area contributed by atoms with Gasteiger partial charge in [-0.3, -0.25) is 0 Å². The van der Waals surface area contributed by atoms with E-state index in [1.165, 1.54) is 0 Å². The van der Waals surface area contributed by atoms with Gasteiger partial charge in [-0.15, -0.1) is 0 Å². The molecule has 0 spiro atoms. The fourth-order valence-corrected chi connectivity index (χ4v) is 2.40. The average molecular weight is 285 g/mol. The number of nitrogens with zero attached hydrogens (tertiary/aromatic N) is 2. The lowest BCUT2D eigenvalue weighted by atomic mass is 10.1. The highest BCUT2D eigenvalue weighted by Crippen LogP contribution is 2.22. The van der Waals surface area contributed by atoms with Crippen molar-refractivity contribution in [2.45, 2.75) is 18.9 Å². The van der Waals surface area contributed by atoms with Crippen LogP contribution in [0.1, 0.15) is 12.8 Å². The van der Waals surface area contributed by atoms with Crippen molar-refractivity contribution >= 4 is 0 Å². The largest absolute Gasteiger partial charge is 0.497 e. The molecule has 1 aromatic carbocycles. The van der Waals surface area contributed by atoms with E-state index in [-0.39, 0.29) is 6.10 Å². The normalized spacial score (nSPS) is 18.2. The Morgan fingerprint density at radius 2 is 2.05 bits per heavy atom. The van der Waals surface area contributed by atoms with Gasteiger partial charge in [0.1, 0.15) is 11.9 Å². The van der Waals surface area contributed by atoms with Crippen LogP contribution in [0.15, 0.2) is 36.7 Å². The molecule has 1 unspecified atom stereocenters. The molecule has 0 saturated carbocycles. The Balaban J connectivity index is 1.70. The van der Waals surface area contributed by atoms with Crippen molar-refractivity contribution < 1.29 is 9.47 Å². The van der Waals surface area contributed by atoms with Gasteiger partial charge in [-0.25, -0.2) is 9.97 Å². The molecule has 3 rings (SSSR count). The Morgan fingerprint density at radius 3 is 2.76 bits per heavy atom. The van der Waals surface area contributed by atoms with Crippen LogP contribution >= 0.6 is 0 Å². The summed E-state index contributed by atoms with van der Waals surface area (Å²) in [5, 5.41) is 3.33. The SMILES string of the molecule is COc1cccc(-c2ncc(OC3CCCNC3)cn2)c1. The second-order valence-corrected chi connectivity index (χ2v) is 5.06. The van der Waals surface area contributed by atoms with E-state index in [2.05, 4.69) is 15.3 Å². The van der Waals surface area contributed by atoms with Gasteiger partial charge in [0, 0.05) is 12.1 Å². The average Bonchev–Trinajstić information content (AvgIpc) is 2.56. The molecule has 0 aliphatic carbocycles. The fourth-order valence-electron chi connectivity index (χ4n) is 2.40. The third kappa shape index (κ3) is 3.49. The van der Waals surface area contributed by atoms with E-state index in [0.29, 0.717) is 5.82 Å². The van der Waals surface area contributed by atoms with Crippen molar-refractivity contribution in [2.24, 2.45) is 0 Å². The van der Waals surface area contributed by atoms with E-state index in [9.17, 15) is 0 Å². The van der Waals surface area contributed by atoms with Crippen LogP contribution in [0.3, 0.4) is 0 Å². The molecule has 1 aromatic heterocycles. The Labute approximate surface area is 124 Å². The molecule has 1 N–H and O–H groups in total. The number of piperidine rings is 1. The van der Waals surface area contributed by atoms with E-state index >= 15 is 0 Å². The van der Waals surface area contributed by atoms with E-state index < -0.39 is 0 Å². The summed E-state index contributed by atoms with van der Waals surface area (Å²) in [5.74, 6) is 2.18. The first-order valence-electron chi connectivity index (χ1n) is 7.19. The van der Waals surface area contributed by atoms with Crippen LogP contribution in [0.4, 0.5) is 0 Å². The summed E-state index contributed by atoms with van der Waals surface area (Å²) in [5.41, 5.74) is 0.931. The maximum absolute atomic E-state index is 5.88. The van der Waals surface area contributed by atoms with Crippen LogP contribution in [0.2, 0.25) is 0 Å². The second kappa shape index (κ2) is 6.54. The highest BCUT2D eigenvalue weighted by atomic mass is 16.5. The van der Waals surface area contributed by atoms with E-state index in [1.807, 2.05) is 24.3 Å². The summed E-state index contributed by atoms with van der Waals surface area (Å²) in [6.07, 6.45) is 5.90. The molecule has 2 heterocycles. The molecule has 1 aliphatic rings. The molecule has 1 saturated heterocycles. The molecule has 5 nitrogen and oxygen atoms in total. The second-order valence-electron chi connectivity index (χ2n) is 5.06. The molecule has 1 atom stereocenters. The van der Waals surface area contributed by atoms with E-state index in [1.54, 1.807) is 19.5 Å². The predicted molar refractivity (Wildman–Crippen MR) is 80.5 cm³/mol. The van der Waals surface area contributed by atoms with Gasteiger partial charge in [-0.05, 0) is 31.5 Å². The summed E-state index contributed by atoms with van der Waals surface area (Å²) in [4.78, 5) is 8.76. The van der Waals surface area contributed by atoms with Crippen molar-refractivity contribution in [1.29, 1.82) is 0 Å². The van der Waals surface area contributed by atoms with Gasteiger partial charge < -0.3 is 14.8 Å². The molecule has 0 radical (unpaired) electrons. The van der Waals surface area contributed by atoms with Crippen molar-refractivity contribution in [3.63, 3.8) is 0 Å². The van der Waals surface area contributed by atoms with Crippen LogP contribution < -0.4 is 14.8 Å². The Morgan fingerprint density at radius 1 is 1.19 bits per heavy atom. The zero-order valence-electron chi connectivity index (χ0n) is 12.1. The highest BCUT2D eigenvalue weighted by Gasteiger charge is 2.14. The van der Waals surface area contributed by atoms with Crippen LogP contribution in [-0.4, -0.2) is 36.3 Å². The molecule has 5 heteroatoms. The van der Waals surface area contributed by atoms with Gasteiger partial charge in [-0.1, -0.05) is 12.1 Å². The molecule has 2 aromatic rings. The standard InChI is InChI=1S/C16H19N3O2/c1-20-13-5-2-4-12(8-13)16-18-10-15(11-19-16)21-14-6-3-7-17-9-14/h2,4-5,8,10-11,14,17H,3,6-7,9H2,1H3. The van der Waals surface area contributed by atoms with Crippen LogP contribution in [-0.2, 0) is 0 Å². The topological polar surface area (TPSA) is 56.3 Å². The summed E-state index contributed by atoms with van der Waals surface area (Å²) in [6, 6.07) is 7.71. The lowest BCUT2D eigenvalue weighted by Gasteiger charge is -2.23. The monoisotopic (exact) mass is 285 g/mol. The maximum Gasteiger partial charge on any atom is 0.159 e. The van der Waals surface area contributed by atoms with Crippen molar-refractivity contribution in [3.05, 3.63) is 36.7 Å². The Bertz CT molecular complexity index is 580. The summed E-state index contributed by atoms with van der Waals surface area (Å²) >= 11 is 0. The van der Waals surface area contributed by atoms with Gasteiger partial charge in [0.05, 0.1) is 19.5 Å². The molecule has 21 heavy (non-hydrogen) atoms. The van der Waals surface area contributed by atoms with Gasteiger partial charge in [0.2, 0.25) is 0 Å². The maximum atomic E-state index is 5.88. The number of benzene rings is 1.